The lowest BCUT2D eigenvalue weighted by Gasteiger charge is -2.19. The molecule has 0 spiro atoms. The van der Waals surface area contributed by atoms with Crippen LogP contribution in [0.25, 0.3) is 0 Å². The van der Waals surface area contributed by atoms with Gasteiger partial charge in [0.1, 0.15) is 0 Å². The predicted molar refractivity (Wildman–Crippen MR) is 80.1 cm³/mol. The molecule has 0 aliphatic rings. The molecule has 0 heterocycles. The topological polar surface area (TPSA) is 46.2 Å². The van der Waals surface area contributed by atoms with Gasteiger partial charge in [0.15, 0.2) is 9.84 Å². The van der Waals surface area contributed by atoms with Gasteiger partial charge in [0.05, 0.1) is 4.90 Å². The molecule has 0 saturated carbocycles. The smallest absolute Gasteiger partial charge is 0.175 e. The Hall–Kier alpha value is -0.870. The molecule has 4 heteroatoms. The van der Waals surface area contributed by atoms with Gasteiger partial charge in [-0.3, -0.25) is 0 Å². The quantitative estimate of drug-likeness (QED) is 0.744. The van der Waals surface area contributed by atoms with Crippen LogP contribution in [0.1, 0.15) is 51.1 Å². The first-order valence-electron chi connectivity index (χ1n) is 7.02. The predicted octanol–water partition coefficient (Wildman–Crippen LogP) is 3.32. The Kier molecular flexibility index (Phi) is 6.52. The number of benzene rings is 1. The van der Waals surface area contributed by atoms with Gasteiger partial charge in [-0.05, 0) is 30.7 Å². The van der Waals surface area contributed by atoms with Crippen LogP contribution in [0.2, 0.25) is 0 Å². The van der Waals surface area contributed by atoms with Crippen molar-refractivity contribution < 1.29 is 8.42 Å². The third kappa shape index (κ3) is 5.33. The number of rotatable bonds is 8. The highest BCUT2D eigenvalue weighted by Gasteiger charge is 2.13. The van der Waals surface area contributed by atoms with E-state index >= 15 is 0 Å². The molecule has 0 radical (unpaired) electrons. The summed E-state index contributed by atoms with van der Waals surface area (Å²) in [6, 6.07) is 7.55. The molecule has 0 aromatic heterocycles. The molecular weight excluding hydrogens is 258 g/mol. The Bertz CT molecular complexity index is 483. The molecular formula is C15H25NO2S. The minimum atomic E-state index is -3.13. The minimum absolute atomic E-state index is 0.248. The summed E-state index contributed by atoms with van der Waals surface area (Å²) in [6.45, 7) is 5.15. The minimum Gasteiger partial charge on any atom is -0.310 e. The Morgan fingerprint density at radius 1 is 1.21 bits per heavy atom. The van der Waals surface area contributed by atoms with Crippen molar-refractivity contribution in [3.8, 4) is 0 Å². The van der Waals surface area contributed by atoms with Gasteiger partial charge in [0, 0.05) is 12.3 Å². The van der Waals surface area contributed by atoms with Gasteiger partial charge in [-0.2, -0.15) is 0 Å². The average molecular weight is 283 g/mol. The first-order valence-corrected chi connectivity index (χ1v) is 8.91. The summed E-state index contributed by atoms with van der Waals surface area (Å²) in [5.74, 6) is 0. The van der Waals surface area contributed by atoms with Gasteiger partial charge in [0.2, 0.25) is 0 Å². The highest BCUT2D eigenvalue weighted by Crippen LogP contribution is 2.22. The molecule has 0 aliphatic carbocycles. The first kappa shape index (κ1) is 16.2. The molecule has 1 aromatic rings. The number of hydrogen-bond donors (Lipinski definition) is 1. The molecule has 0 fully saturated rings. The van der Waals surface area contributed by atoms with Crippen LogP contribution in [-0.2, 0) is 9.84 Å². The Morgan fingerprint density at radius 3 is 2.53 bits per heavy atom. The molecule has 108 valence electrons. The second-order valence-corrected chi connectivity index (χ2v) is 6.97. The summed E-state index contributed by atoms with van der Waals surface area (Å²) in [5, 5.41) is 3.44. The summed E-state index contributed by atoms with van der Waals surface area (Å²) in [5.41, 5.74) is 1.07. The van der Waals surface area contributed by atoms with Crippen LogP contribution >= 0.6 is 0 Å². The maximum Gasteiger partial charge on any atom is 0.175 e. The second-order valence-electron chi connectivity index (χ2n) is 4.95. The average Bonchev–Trinajstić information content (AvgIpc) is 2.37. The Labute approximate surface area is 117 Å². The molecule has 0 bridgehead atoms. The fourth-order valence-electron chi connectivity index (χ4n) is 2.19. The van der Waals surface area contributed by atoms with Crippen molar-refractivity contribution in [3.63, 3.8) is 0 Å². The molecule has 0 amide bonds. The maximum absolute atomic E-state index is 11.6. The lowest BCUT2D eigenvalue weighted by atomic mass is 10.0. The lowest BCUT2D eigenvalue weighted by molar-refractivity contribution is 0.486. The van der Waals surface area contributed by atoms with E-state index in [2.05, 4.69) is 19.2 Å². The van der Waals surface area contributed by atoms with E-state index < -0.39 is 9.84 Å². The molecule has 0 aliphatic heterocycles. The summed E-state index contributed by atoms with van der Waals surface area (Å²) in [6.07, 6.45) is 5.88. The van der Waals surface area contributed by atoms with E-state index in [1.54, 1.807) is 12.1 Å². The van der Waals surface area contributed by atoms with Crippen molar-refractivity contribution in [1.82, 2.24) is 5.32 Å². The SMILES string of the molecule is CCCCCC(NCC)c1cccc(S(C)(=O)=O)c1. The van der Waals surface area contributed by atoms with Gasteiger partial charge in [0.25, 0.3) is 0 Å². The van der Waals surface area contributed by atoms with Crippen LogP contribution < -0.4 is 5.32 Å². The molecule has 19 heavy (non-hydrogen) atoms. The summed E-state index contributed by atoms with van der Waals surface area (Å²) < 4.78 is 23.2. The van der Waals surface area contributed by atoms with Gasteiger partial charge in [-0.1, -0.05) is 45.2 Å². The zero-order valence-electron chi connectivity index (χ0n) is 12.1. The fourth-order valence-corrected chi connectivity index (χ4v) is 2.87. The summed E-state index contributed by atoms with van der Waals surface area (Å²) in [4.78, 5) is 0.406. The molecule has 1 rings (SSSR count). The van der Waals surface area contributed by atoms with Crippen LogP contribution in [0, 0.1) is 0 Å². The van der Waals surface area contributed by atoms with Gasteiger partial charge < -0.3 is 5.32 Å². The van der Waals surface area contributed by atoms with Crippen LogP contribution in [0.3, 0.4) is 0 Å². The van der Waals surface area contributed by atoms with E-state index in [-0.39, 0.29) is 6.04 Å². The van der Waals surface area contributed by atoms with E-state index in [4.69, 9.17) is 0 Å². The zero-order chi connectivity index (χ0) is 14.3. The molecule has 1 N–H and O–H groups in total. The van der Waals surface area contributed by atoms with Crippen molar-refractivity contribution in [2.75, 3.05) is 12.8 Å². The normalized spacial score (nSPS) is 13.4. The van der Waals surface area contributed by atoms with Crippen LogP contribution in [-0.4, -0.2) is 21.2 Å². The number of hydrogen-bond acceptors (Lipinski definition) is 3. The first-order chi connectivity index (χ1) is 8.99. The van der Waals surface area contributed by atoms with Crippen LogP contribution in [0.15, 0.2) is 29.2 Å². The fraction of sp³-hybridized carbons (Fsp3) is 0.600. The monoisotopic (exact) mass is 283 g/mol. The highest BCUT2D eigenvalue weighted by molar-refractivity contribution is 7.90. The number of nitrogens with one attached hydrogen (secondary N) is 1. The molecule has 1 unspecified atom stereocenters. The Morgan fingerprint density at radius 2 is 1.95 bits per heavy atom. The van der Waals surface area contributed by atoms with E-state index in [9.17, 15) is 8.42 Å². The summed E-state index contributed by atoms with van der Waals surface area (Å²) >= 11 is 0. The molecule has 1 atom stereocenters. The second kappa shape index (κ2) is 7.65. The van der Waals surface area contributed by atoms with Crippen molar-refractivity contribution in [3.05, 3.63) is 29.8 Å². The van der Waals surface area contributed by atoms with E-state index in [1.165, 1.54) is 19.1 Å². The third-order valence-electron chi connectivity index (χ3n) is 3.24. The molecule has 1 aromatic carbocycles. The summed E-state index contributed by atoms with van der Waals surface area (Å²) in [7, 11) is -3.13. The van der Waals surface area contributed by atoms with E-state index in [1.807, 2.05) is 12.1 Å². The highest BCUT2D eigenvalue weighted by atomic mass is 32.2. The van der Waals surface area contributed by atoms with Gasteiger partial charge in [-0.25, -0.2) is 8.42 Å². The third-order valence-corrected chi connectivity index (χ3v) is 4.35. The number of unbranched alkanes of at least 4 members (excludes halogenated alkanes) is 2. The standard InChI is InChI=1S/C15H25NO2S/c1-4-6-7-11-15(16-5-2)13-9-8-10-14(12-13)19(3,17)18/h8-10,12,15-16H,4-7,11H2,1-3H3. The largest absolute Gasteiger partial charge is 0.310 e. The zero-order valence-corrected chi connectivity index (χ0v) is 13.0. The van der Waals surface area contributed by atoms with Gasteiger partial charge >= 0.3 is 0 Å². The van der Waals surface area contributed by atoms with Crippen molar-refractivity contribution in [1.29, 1.82) is 0 Å². The van der Waals surface area contributed by atoms with Gasteiger partial charge in [-0.15, -0.1) is 0 Å². The lowest BCUT2D eigenvalue weighted by Crippen LogP contribution is -2.21. The van der Waals surface area contributed by atoms with Crippen molar-refractivity contribution in [2.24, 2.45) is 0 Å². The molecule has 0 saturated heterocycles. The van der Waals surface area contributed by atoms with E-state index in [0.29, 0.717) is 4.90 Å². The van der Waals surface area contributed by atoms with Crippen LogP contribution in [0.5, 0.6) is 0 Å². The van der Waals surface area contributed by atoms with E-state index in [0.717, 1.165) is 24.9 Å². The maximum atomic E-state index is 11.6. The Balaban J connectivity index is 2.89. The molecule has 3 nitrogen and oxygen atoms in total. The van der Waals surface area contributed by atoms with Crippen molar-refractivity contribution in [2.45, 2.75) is 50.5 Å². The van der Waals surface area contributed by atoms with Crippen molar-refractivity contribution >= 4 is 9.84 Å². The number of sulfone groups is 1. The van der Waals surface area contributed by atoms with Crippen LogP contribution in [0.4, 0.5) is 0 Å².